The Balaban J connectivity index is 1.60. The second-order valence-electron chi connectivity index (χ2n) is 5.45. The Kier molecular flexibility index (Phi) is 3.45. The molecule has 2 aromatic heterocycles. The van der Waals surface area contributed by atoms with Crippen molar-refractivity contribution in [2.24, 2.45) is 7.05 Å². The largest absolute Gasteiger partial charge is 0.481 e. The molecule has 0 aliphatic rings. The van der Waals surface area contributed by atoms with Gasteiger partial charge in [-0.3, -0.25) is 0 Å². The Morgan fingerprint density at radius 1 is 1.12 bits per heavy atom. The molecule has 2 heterocycles. The number of rotatable bonds is 4. The molecule has 0 aliphatic heterocycles. The van der Waals surface area contributed by atoms with Gasteiger partial charge in [0.25, 0.3) is 5.89 Å². The number of hydrogen-bond acceptors (Lipinski definition) is 6. The zero-order chi connectivity index (χ0) is 16.5. The predicted octanol–water partition coefficient (Wildman–Crippen LogP) is 3.16. The number of aromatic nitrogens is 5. The van der Waals surface area contributed by atoms with E-state index < -0.39 is 0 Å². The molecular weight excluding hydrogens is 306 g/mol. The molecule has 0 amide bonds. The minimum absolute atomic E-state index is 0.337. The Morgan fingerprint density at radius 3 is 2.79 bits per heavy atom. The summed E-state index contributed by atoms with van der Waals surface area (Å²) in [6, 6.07) is 15.3. The quantitative estimate of drug-likeness (QED) is 0.574. The van der Waals surface area contributed by atoms with Gasteiger partial charge in [0.1, 0.15) is 11.3 Å². The first-order chi connectivity index (χ1) is 11.7. The lowest BCUT2D eigenvalue weighted by Crippen LogP contribution is -2.03. The topological polar surface area (TPSA) is 78.9 Å². The van der Waals surface area contributed by atoms with Crippen molar-refractivity contribution in [3.05, 3.63) is 54.4 Å². The number of benzene rings is 2. The van der Waals surface area contributed by atoms with Gasteiger partial charge < -0.3 is 9.26 Å². The van der Waals surface area contributed by atoms with E-state index in [-0.39, 0.29) is 6.10 Å². The van der Waals surface area contributed by atoms with E-state index in [2.05, 4.69) is 20.5 Å². The lowest BCUT2D eigenvalue weighted by molar-refractivity contribution is 0.176. The smallest absolute Gasteiger partial charge is 0.267 e. The zero-order valence-corrected chi connectivity index (χ0v) is 13.2. The van der Waals surface area contributed by atoms with Crippen molar-refractivity contribution in [2.45, 2.75) is 13.0 Å². The van der Waals surface area contributed by atoms with Gasteiger partial charge in [0.05, 0.1) is 5.52 Å². The highest BCUT2D eigenvalue weighted by atomic mass is 16.5. The number of nitrogens with zero attached hydrogens (tertiary/aromatic N) is 5. The molecule has 0 bridgehead atoms. The van der Waals surface area contributed by atoms with Gasteiger partial charge in [0.2, 0.25) is 5.82 Å². The van der Waals surface area contributed by atoms with Gasteiger partial charge in [-0.15, -0.1) is 5.10 Å². The van der Waals surface area contributed by atoms with Crippen molar-refractivity contribution in [1.82, 2.24) is 25.1 Å². The summed E-state index contributed by atoms with van der Waals surface area (Å²) in [6.07, 6.45) is -0.337. The SMILES string of the molecule is C[C@H](Oc1ccccc1)c1nc(-c2ccc3nnn(C)c3c2)no1. The van der Waals surface area contributed by atoms with Gasteiger partial charge in [0, 0.05) is 12.6 Å². The Bertz CT molecular complexity index is 977. The molecule has 0 fully saturated rings. The highest BCUT2D eigenvalue weighted by molar-refractivity contribution is 5.79. The number of ether oxygens (including phenoxy) is 1. The van der Waals surface area contributed by atoms with Crippen molar-refractivity contribution < 1.29 is 9.26 Å². The van der Waals surface area contributed by atoms with Crippen LogP contribution in [0.2, 0.25) is 0 Å². The number of aryl methyl sites for hydroxylation is 1. The molecule has 0 aliphatic carbocycles. The lowest BCUT2D eigenvalue weighted by Gasteiger charge is -2.09. The van der Waals surface area contributed by atoms with Crippen LogP contribution in [0.5, 0.6) is 5.75 Å². The fourth-order valence-electron chi connectivity index (χ4n) is 2.44. The fraction of sp³-hybridized carbons (Fsp3) is 0.176. The third kappa shape index (κ3) is 2.60. The molecule has 0 unspecified atom stereocenters. The summed E-state index contributed by atoms with van der Waals surface area (Å²) in [5, 5.41) is 12.1. The monoisotopic (exact) mass is 321 g/mol. The summed E-state index contributed by atoms with van der Waals surface area (Å²) in [5.41, 5.74) is 2.58. The van der Waals surface area contributed by atoms with Crippen molar-refractivity contribution in [1.29, 1.82) is 0 Å². The zero-order valence-electron chi connectivity index (χ0n) is 13.2. The molecule has 1 atom stereocenters. The van der Waals surface area contributed by atoms with Crippen LogP contribution >= 0.6 is 0 Å². The number of hydrogen-bond donors (Lipinski definition) is 0. The maximum atomic E-state index is 5.81. The minimum Gasteiger partial charge on any atom is -0.481 e. The molecule has 0 saturated heterocycles. The molecule has 2 aromatic carbocycles. The van der Waals surface area contributed by atoms with E-state index in [1.807, 2.05) is 62.5 Å². The molecule has 7 nitrogen and oxygen atoms in total. The minimum atomic E-state index is -0.337. The average Bonchev–Trinajstić information content (AvgIpc) is 3.23. The van der Waals surface area contributed by atoms with Crippen LogP contribution in [-0.4, -0.2) is 25.1 Å². The van der Waals surface area contributed by atoms with E-state index in [9.17, 15) is 0 Å². The molecule has 0 saturated carbocycles. The lowest BCUT2D eigenvalue weighted by atomic mass is 10.2. The van der Waals surface area contributed by atoms with Crippen molar-refractivity contribution in [2.75, 3.05) is 0 Å². The third-order valence-corrected chi connectivity index (χ3v) is 3.71. The van der Waals surface area contributed by atoms with Crippen LogP contribution in [0.25, 0.3) is 22.4 Å². The fourth-order valence-corrected chi connectivity index (χ4v) is 2.44. The summed E-state index contributed by atoms with van der Waals surface area (Å²) >= 11 is 0. The van der Waals surface area contributed by atoms with Gasteiger partial charge in [-0.2, -0.15) is 4.98 Å². The first-order valence-corrected chi connectivity index (χ1v) is 7.56. The molecule has 0 N–H and O–H groups in total. The maximum Gasteiger partial charge on any atom is 0.267 e. The summed E-state index contributed by atoms with van der Waals surface area (Å²) in [7, 11) is 1.84. The van der Waals surface area contributed by atoms with E-state index in [1.54, 1.807) is 4.68 Å². The van der Waals surface area contributed by atoms with Gasteiger partial charge >= 0.3 is 0 Å². The molecule has 24 heavy (non-hydrogen) atoms. The Hall–Kier alpha value is -3.22. The van der Waals surface area contributed by atoms with Crippen LogP contribution in [-0.2, 0) is 7.05 Å². The Labute approximate surface area is 137 Å². The molecule has 120 valence electrons. The van der Waals surface area contributed by atoms with Crippen LogP contribution in [0.4, 0.5) is 0 Å². The van der Waals surface area contributed by atoms with Crippen LogP contribution in [0.15, 0.2) is 53.1 Å². The molecule has 0 spiro atoms. The second-order valence-corrected chi connectivity index (χ2v) is 5.45. The Morgan fingerprint density at radius 2 is 1.96 bits per heavy atom. The van der Waals surface area contributed by atoms with E-state index in [1.165, 1.54) is 0 Å². The van der Waals surface area contributed by atoms with Crippen LogP contribution in [0, 0.1) is 0 Å². The summed E-state index contributed by atoms with van der Waals surface area (Å²) < 4.78 is 12.9. The van der Waals surface area contributed by atoms with Gasteiger partial charge in [0.15, 0.2) is 6.10 Å². The first kappa shape index (κ1) is 14.4. The number of para-hydroxylation sites is 1. The van der Waals surface area contributed by atoms with E-state index in [0.29, 0.717) is 11.7 Å². The van der Waals surface area contributed by atoms with Crippen molar-refractivity contribution in [3.63, 3.8) is 0 Å². The van der Waals surface area contributed by atoms with Gasteiger partial charge in [-0.25, -0.2) is 4.68 Å². The average molecular weight is 321 g/mol. The molecule has 4 aromatic rings. The standard InChI is InChI=1S/C17H15N5O2/c1-11(23-13-6-4-3-5-7-13)17-18-16(20-24-17)12-8-9-14-15(10-12)22(2)21-19-14/h3-11H,1-2H3/t11-/m0/s1. The van der Waals surface area contributed by atoms with Crippen LogP contribution in [0.3, 0.4) is 0 Å². The second kappa shape index (κ2) is 5.77. The molecule has 4 rings (SSSR count). The summed E-state index contributed by atoms with van der Waals surface area (Å²) in [4.78, 5) is 4.44. The van der Waals surface area contributed by atoms with Gasteiger partial charge in [-0.1, -0.05) is 28.6 Å². The normalized spacial score (nSPS) is 12.4. The van der Waals surface area contributed by atoms with Crippen LogP contribution < -0.4 is 4.74 Å². The molecular formula is C17H15N5O2. The highest BCUT2D eigenvalue weighted by Gasteiger charge is 2.17. The van der Waals surface area contributed by atoms with E-state index >= 15 is 0 Å². The van der Waals surface area contributed by atoms with Crippen molar-refractivity contribution >= 4 is 11.0 Å². The van der Waals surface area contributed by atoms with Crippen LogP contribution in [0.1, 0.15) is 18.9 Å². The highest BCUT2D eigenvalue weighted by Crippen LogP contribution is 2.24. The van der Waals surface area contributed by atoms with E-state index in [0.717, 1.165) is 22.3 Å². The third-order valence-electron chi connectivity index (χ3n) is 3.71. The summed E-state index contributed by atoms with van der Waals surface area (Å²) in [5.74, 6) is 1.70. The first-order valence-electron chi connectivity index (χ1n) is 7.56. The molecule has 7 heteroatoms. The predicted molar refractivity (Wildman–Crippen MR) is 87.3 cm³/mol. The number of fused-ring (bicyclic) bond motifs is 1. The molecule has 0 radical (unpaired) electrons. The van der Waals surface area contributed by atoms with E-state index in [4.69, 9.17) is 9.26 Å². The van der Waals surface area contributed by atoms with Gasteiger partial charge in [-0.05, 0) is 37.3 Å². The van der Waals surface area contributed by atoms with Crippen molar-refractivity contribution in [3.8, 4) is 17.1 Å². The maximum absolute atomic E-state index is 5.81. The summed E-state index contributed by atoms with van der Waals surface area (Å²) in [6.45, 7) is 1.87.